The van der Waals surface area contributed by atoms with Crippen molar-refractivity contribution in [1.82, 2.24) is 19.7 Å². The second kappa shape index (κ2) is 6.46. The smallest absolute Gasteiger partial charge is 0.161 e. The van der Waals surface area contributed by atoms with Gasteiger partial charge in [-0.2, -0.15) is 0 Å². The second-order valence-electron chi connectivity index (χ2n) is 6.99. The molecule has 3 aromatic carbocycles. The Morgan fingerprint density at radius 1 is 0.857 bits per heavy atom. The molecular formula is C23H19N5. The zero-order chi connectivity index (χ0) is 19.1. The minimum Gasteiger partial charge on any atom is -0.338 e. The largest absolute Gasteiger partial charge is 0.338 e. The summed E-state index contributed by atoms with van der Waals surface area (Å²) in [6.07, 6.45) is 1.82. The summed E-state index contributed by atoms with van der Waals surface area (Å²) in [4.78, 5) is 4.43. The number of aryl methyl sites for hydroxylation is 2. The van der Waals surface area contributed by atoms with Crippen molar-refractivity contribution in [2.75, 3.05) is 5.32 Å². The highest BCUT2D eigenvalue weighted by molar-refractivity contribution is 6.01. The number of fused-ring (bicyclic) bond motifs is 2. The van der Waals surface area contributed by atoms with Crippen LogP contribution in [0.2, 0.25) is 0 Å². The molecule has 136 valence electrons. The van der Waals surface area contributed by atoms with E-state index in [1.807, 2.05) is 42.2 Å². The van der Waals surface area contributed by atoms with Gasteiger partial charge in [-0.1, -0.05) is 54.1 Å². The van der Waals surface area contributed by atoms with Gasteiger partial charge in [0.2, 0.25) is 0 Å². The Bertz CT molecular complexity index is 1300. The molecule has 2 aromatic heterocycles. The van der Waals surface area contributed by atoms with Crippen LogP contribution in [-0.4, -0.2) is 19.7 Å². The molecule has 5 nitrogen and oxygen atoms in total. The van der Waals surface area contributed by atoms with Gasteiger partial charge >= 0.3 is 0 Å². The lowest BCUT2D eigenvalue weighted by atomic mass is 10.0. The van der Waals surface area contributed by atoms with Crippen LogP contribution >= 0.6 is 0 Å². The number of aromatic nitrogens is 4. The zero-order valence-electron chi connectivity index (χ0n) is 15.7. The zero-order valence-corrected chi connectivity index (χ0v) is 15.7. The van der Waals surface area contributed by atoms with Gasteiger partial charge < -0.3 is 9.88 Å². The van der Waals surface area contributed by atoms with Crippen molar-refractivity contribution in [3.63, 3.8) is 0 Å². The number of anilines is 2. The topological polar surface area (TPSA) is 55.6 Å². The standard InChI is InChI=1S/C23H19N5/c1-15-7-9-16(10-8-15)22-18-5-3-4-6-19(18)23(27-26-22)25-17-11-12-21-20(13-17)24-14-28(21)2/h3-14H,1-2H3,(H,25,27). The van der Waals surface area contributed by atoms with E-state index in [2.05, 4.69) is 69.9 Å². The number of benzene rings is 3. The van der Waals surface area contributed by atoms with Crippen molar-refractivity contribution in [3.8, 4) is 11.3 Å². The van der Waals surface area contributed by atoms with Crippen LogP contribution in [0.4, 0.5) is 11.5 Å². The third kappa shape index (κ3) is 2.77. The van der Waals surface area contributed by atoms with E-state index in [0.717, 1.165) is 44.6 Å². The Morgan fingerprint density at radius 2 is 1.64 bits per heavy atom. The van der Waals surface area contributed by atoms with Gasteiger partial charge in [-0.25, -0.2) is 4.98 Å². The summed E-state index contributed by atoms with van der Waals surface area (Å²) in [7, 11) is 1.99. The lowest BCUT2D eigenvalue weighted by molar-refractivity contribution is 0.948. The molecule has 5 heteroatoms. The highest BCUT2D eigenvalue weighted by Crippen LogP contribution is 2.31. The van der Waals surface area contributed by atoms with Crippen LogP contribution in [0.25, 0.3) is 33.1 Å². The van der Waals surface area contributed by atoms with Crippen LogP contribution in [0.3, 0.4) is 0 Å². The first-order valence-corrected chi connectivity index (χ1v) is 9.19. The maximum absolute atomic E-state index is 4.54. The molecule has 5 aromatic rings. The SMILES string of the molecule is Cc1ccc(-c2nnc(Nc3ccc4c(c3)ncn4C)c3ccccc23)cc1. The van der Waals surface area contributed by atoms with Crippen LogP contribution in [0.1, 0.15) is 5.56 Å². The quantitative estimate of drug-likeness (QED) is 0.475. The molecule has 28 heavy (non-hydrogen) atoms. The van der Waals surface area contributed by atoms with Crippen LogP contribution in [0, 0.1) is 6.92 Å². The second-order valence-corrected chi connectivity index (χ2v) is 6.99. The molecule has 0 bridgehead atoms. The average Bonchev–Trinajstić information content (AvgIpc) is 3.09. The molecule has 0 aliphatic rings. The Labute approximate surface area is 162 Å². The van der Waals surface area contributed by atoms with Gasteiger partial charge in [-0.05, 0) is 25.1 Å². The minimum absolute atomic E-state index is 0.738. The van der Waals surface area contributed by atoms with Crippen molar-refractivity contribution in [2.24, 2.45) is 7.05 Å². The van der Waals surface area contributed by atoms with Crippen LogP contribution in [0.15, 0.2) is 73.1 Å². The molecule has 2 heterocycles. The summed E-state index contributed by atoms with van der Waals surface area (Å²) >= 11 is 0. The highest BCUT2D eigenvalue weighted by atomic mass is 15.2. The minimum atomic E-state index is 0.738. The number of hydrogen-bond donors (Lipinski definition) is 1. The summed E-state index contributed by atoms with van der Waals surface area (Å²) in [5, 5.41) is 14.6. The predicted molar refractivity (Wildman–Crippen MR) is 114 cm³/mol. The first-order chi connectivity index (χ1) is 13.7. The van der Waals surface area contributed by atoms with E-state index in [4.69, 9.17) is 0 Å². The number of imidazole rings is 1. The third-order valence-electron chi connectivity index (χ3n) is 5.00. The van der Waals surface area contributed by atoms with Gasteiger partial charge in [0, 0.05) is 29.1 Å². The predicted octanol–water partition coefficient (Wildman–Crippen LogP) is 5.24. The highest BCUT2D eigenvalue weighted by Gasteiger charge is 2.11. The molecule has 5 rings (SSSR count). The van der Waals surface area contributed by atoms with Crippen molar-refractivity contribution < 1.29 is 0 Å². The van der Waals surface area contributed by atoms with Crippen molar-refractivity contribution in [3.05, 3.63) is 78.6 Å². The van der Waals surface area contributed by atoms with Gasteiger partial charge in [0.05, 0.1) is 17.4 Å². The summed E-state index contributed by atoms with van der Waals surface area (Å²) in [6, 6.07) is 22.7. The fraction of sp³-hybridized carbons (Fsp3) is 0.0870. The Balaban J connectivity index is 1.60. The number of nitrogens with one attached hydrogen (secondary N) is 1. The number of rotatable bonds is 3. The Hall–Kier alpha value is -3.73. The lowest BCUT2D eigenvalue weighted by Crippen LogP contribution is -1.99. The Kier molecular flexibility index (Phi) is 3.79. The van der Waals surface area contributed by atoms with E-state index in [0.29, 0.717) is 0 Å². The molecule has 0 fully saturated rings. The molecule has 0 aliphatic carbocycles. The maximum Gasteiger partial charge on any atom is 0.161 e. The molecule has 0 radical (unpaired) electrons. The molecule has 1 N–H and O–H groups in total. The summed E-state index contributed by atoms with van der Waals surface area (Å²) in [5.41, 5.74) is 6.16. The van der Waals surface area contributed by atoms with Crippen molar-refractivity contribution in [1.29, 1.82) is 0 Å². The maximum atomic E-state index is 4.54. The summed E-state index contributed by atoms with van der Waals surface area (Å²) < 4.78 is 2.00. The molecule has 0 atom stereocenters. The van der Waals surface area contributed by atoms with Gasteiger partial charge in [0.1, 0.15) is 5.69 Å². The van der Waals surface area contributed by atoms with Gasteiger partial charge in [-0.3, -0.25) is 0 Å². The number of nitrogens with zero attached hydrogens (tertiary/aromatic N) is 4. The fourth-order valence-corrected chi connectivity index (χ4v) is 3.47. The van der Waals surface area contributed by atoms with Gasteiger partial charge in [0.25, 0.3) is 0 Å². The van der Waals surface area contributed by atoms with E-state index in [9.17, 15) is 0 Å². The van der Waals surface area contributed by atoms with E-state index in [1.165, 1.54) is 5.56 Å². The van der Waals surface area contributed by atoms with Crippen LogP contribution in [-0.2, 0) is 7.05 Å². The molecule has 0 saturated heterocycles. The molecular weight excluding hydrogens is 346 g/mol. The molecule has 0 unspecified atom stereocenters. The van der Waals surface area contributed by atoms with Crippen LogP contribution in [0.5, 0.6) is 0 Å². The summed E-state index contributed by atoms with van der Waals surface area (Å²) in [5.74, 6) is 0.738. The number of hydrogen-bond acceptors (Lipinski definition) is 4. The van der Waals surface area contributed by atoms with Gasteiger partial charge in [0.15, 0.2) is 5.82 Å². The summed E-state index contributed by atoms with van der Waals surface area (Å²) in [6.45, 7) is 2.08. The molecule has 0 spiro atoms. The van der Waals surface area contributed by atoms with Crippen molar-refractivity contribution in [2.45, 2.75) is 6.92 Å². The lowest BCUT2D eigenvalue weighted by Gasteiger charge is -2.11. The van der Waals surface area contributed by atoms with E-state index < -0.39 is 0 Å². The molecule has 0 saturated carbocycles. The van der Waals surface area contributed by atoms with E-state index in [-0.39, 0.29) is 0 Å². The van der Waals surface area contributed by atoms with Crippen molar-refractivity contribution >= 4 is 33.3 Å². The van der Waals surface area contributed by atoms with Crippen LogP contribution < -0.4 is 5.32 Å². The fourth-order valence-electron chi connectivity index (χ4n) is 3.47. The Morgan fingerprint density at radius 3 is 2.46 bits per heavy atom. The van der Waals surface area contributed by atoms with E-state index in [1.54, 1.807) is 0 Å². The first-order valence-electron chi connectivity index (χ1n) is 9.19. The average molecular weight is 365 g/mol. The normalized spacial score (nSPS) is 11.2. The molecule has 0 amide bonds. The monoisotopic (exact) mass is 365 g/mol. The van der Waals surface area contributed by atoms with Gasteiger partial charge in [-0.15, -0.1) is 10.2 Å². The first kappa shape index (κ1) is 16.4. The third-order valence-corrected chi connectivity index (χ3v) is 5.00. The van der Waals surface area contributed by atoms with E-state index >= 15 is 0 Å². The molecule has 0 aliphatic heterocycles.